The Labute approximate surface area is 131 Å². The fourth-order valence-corrected chi connectivity index (χ4v) is 1.97. The SMILES string of the molecule is C=C.C=CC=C.O=CCCCC/C=C\CC1CC=CCC1. The van der Waals surface area contributed by atoms with Gasteiger partial charge in [0.2, 0.25) is 0 Å². The quantitative estimate of drug-likeness (QED) is 0.224. The molecule has 21 heavy (non-hydrogen) atoms. The smallest absolute Gasteiger partial charge is 0.119 e. The van der Waals surface area contributed by atoms with Gasteiger partial charge in [0.1, 0.15) is 6.29 Å². The van der Waals surface area contributed by atoms with Gasteiger partial charge in [-0.2, -0.15) is 0 Å². The van der Waals surface area contributed by atoms with E-state index in [0.29, 0.717) is 0 Å². The molecule has 0 saturated carbocycles. The monoisotopic (exact) mass is 288 g/mol. The summed E-state index contributed by atoms with van der Waals surface area (Å²) >= 11 is 0. The molecule has 0 bridgehead atoms. The van der Waals surface area contributed by atoms with Crippen molar-refractivity contribution in [1.82, 2.24) is 0 Å². The standard InChI is InChI=1S/C14H22O.C4H6.C2H4/c15-13-9-4-2-1-3-6-10-14-11-7-5-8-12-14;1-3-4-2;1-2/h3,5-7,13-14H,1-2,4,8-12H2;3-4H,1-2H2;1-2H2/b6-3-;;. The summed E-state index contributed by atoms with van der Waals surface area (Å²) in [5.41, 5.74) is 0. The van der Waals surface area contributed by atoms with E-state index in [4.69, 9.17) is 0 Å². The first-order valence-corrected chi connectivity index (χ1v) is 7.82. The third-order valence-corrected chi connectivity index (χ3v) is 3.12. The van der Waals surface area contributed by atoms with Crippen LogP contribution in [-0.2, 0) is 4.79 Å². The van der Waals surface area contributed by atoms with Crippen LogP contribution in [0.25, 0.3) is 0 Å². The van der Waals surface area contributed by atoms with Crippen molar-refractivity contribution in [2.24, 2.45) is 5.92 Å². The zero-order valence-corrected chi connectivity index (χ0v) is 13.5. The number of aldehydes is 1. The van der Waals surface area contributed by atoms with Crippen molar-refractivity contribution in [1.29, 1.82) is 0 Å². The van der Waals surface area contributed by atoms with Crippen LogP contribution in [-0.4, -0.2) is 6.29 Å². The lowest BCUT2D eigenvalue weighted by molar-refractivity contribution is -0.107. The van der Waals surface area contributed by atoms with E-state index < -0.39 is 0 Å². The van der Waals surface area contributed by atoms with Gasteiger partial charge in [0.05, 0.1) is 0 Å². The minimum absolute atomic E-state index is 0.723. The summed E-state index contributed by atoms with van der Waals surface area (Å²) < 4.78 is 0. The van der Waals surface area contributed by atoms with Gasteiger partial charge in [0.25, 0.3) is 0 Å². The molecule has 1 heteroatoms. The molecule has 1 unspecified atom stereocenters. The highest BCUT2D eigenvalue weighted by Gasteiger charge is 2.06. The molecule has 0 spiro atoms. The lowest BCUT2D eigenvalue weighted by Gasteiger charge is -2.14. The zero-order valence-electron chi connectivity index (χ0n) is 13.5. The average molecular weight is 288 g/mol. The maximum Gasteiger partial charge on any atom is 0.119 e. The number of carbonyl (C=O) groups excluding carboxylic acids is 1. The van der Waals surface area contributed by atoms with E-state index in [0.717, 1.165) is 37.9 Å². The van der Waals surface area contributed by atoms with Crippen molar-refractivity contribution in [3.8, 4) is 0 Å². The van der Waals surface area contributed by atoms with Gasteiger partial charge in [-0.25, -0.2) is 0 Å². The van der Waals surface area contributed by atoms with E-state index in [-0.39, 0.29) is 0 Å². The van der Waals surface area contributed by atoms with Gasteiger partial charge in [-0.1, -0.05) is 49.6 Å². The Bertz CT molecular complexity index is 293. The number of rotatable bonds is 8. The largest absolute Gasteiger partial charge is 0.303 e. The van der Waals surface area contributed by atoms with Gasteiger partial charge in [-0.15, -0.1) is 13.2 Å². The molecule has 1 aliphatic rings. The van der Waals surface area contributed by atoms with Crippen LogP contribution in [0, 0.1) is 5.92 Å². The highest BCUT2D eigenvalue weighted by Crippen LogP contribution is 2.21. The molecule has 118 valence electrons. The van der Waals surface area contributed by atoms with Gasteiger partial charge in [0, 0.05) is 6.42 Å². The lowest BCUT2D eigenvalue weighted by Crippen LogP contribution is -2.00. The third kappa shape index (κ3) is 18.4. The van der Waals surface area contributed by atoms with Gasteiger partial charge in [-0.3, -0.25) is 0 Å². The fraction of sp³-hybridized carbons (Fsp3) is 0.450. The lowest BCUT2D eigenvalue weighted by atomic mass is 9.91. The van der Waals surface area contributed by atoms with Crippen LogP contribution in [0.5, 0.6) is 0 Å². The molecule has 1 aliphatic carbocycles. The van der Waals surface area contributed by atoms with Crippen LogP contribution >= 0.6 is 0 Å². The maximum atomic E-state index is 10.1. The van der Waals surface area contributed by atoms with Crippen molar-refractivity contribution < 1.29 is 4.79 Å². The molecule has 0 radical (unpaired) electrons. The van der Waals surface area contributed by atoms with Gasteiger partial charge < -0.3 is 4.79 Å². The predicted molar refractivity (Wildman–Crippen MR) is 96.4 cm³/mol. The second-order valence-corrected chi connectivity index (χ2v) is 4.78. The molecular weight excluding hydrogens is 256 g/mol. The molecule has 0 aromatic heterocycles. The van der Waals surface area contributed by atoms with Crippen molar-refractivity contribution >= 4 is 6.29 Å². The highest BCUT2D eigenvalue weighted by atomic mass is 16.1. The van der Waals surface area contributed by atoms with Gasteiger partial charge in [0.15, 0.2) is 0 Å². The highest BCUT2D eigenvalue weighted by molar-refractivity contribution is 5.48. The van der Waals surface area contributed by atoms with Crippen molar-refractivity contribution in [3.63, 3.8) is 0 Å². The molecule has 1 rings (SSSR count). The first-order chi connectivity index (χ1) is 10.3. The molecule has 0 fully saturated rings. The van der Waals surface area contributed by atoms with E-state index >= 15 is 0 Å². The predicted octanol–water partition coefficient (Wildman–Crippen LogP) is 6.21. The summed E-state index contributed by atoms with van der Waals surface area (Å²) in [6.45, 7) is 12.7. The van der Waals surface area contributed by atoms with Crippen LogP contribution in [0.3, 0.4) is 0 Å². The van der Waals surface area contributed by atoms with Crippen LogP contribution < -0.4 is 0 Å². The molecule has 0 aliphatic heterocycles. The first-order valence-electron chi connectivity index (χ1n) is 7.82. The molecule has 0 saturated heterocycles. The molecular formula is C20H32O. The van der Waals surface area contributed by atoms with E-state index in [2.05, 4.69) is 50.6 Å². The Morgan fingerprint density at radius 2 is 1.67 bits per heavy atom. The summed E-state index contributed by atoms with van der Waals surface area (Å²) in [5.74, 6) is 0.876. The average Bonchev–Trinajstić information content (AvgIpc) is 2.57. The van der Waals surface area contributed by atoms with Crippen molar-refractivity contribution in [3.05, 3.63) is 62.8 Å². The van der Waals surface area contributed by atoms with Crippen LogP contribution in [0.2, 0.25) is 0 Å². The minimum atomic E-state index is 0.723. The fourth-order valence-electron chi connectivity index (χ4n) is 1.97. The Morgan fingerprint density at radius 3 is 2.19 bits per heavy atom. The van der Waals surface area contributed by atoms with Crippen LogP contribution in [0.15, 0.2) is 62.8 Å². The number of hydrogen-bond donors (Lipinski definition) is 0. The summed E-state index contributed by atoms with van der Waals surface area (Å²) in [6, 6.07) is 0. The molecule has 0 aromatic rings. The Balaban J connectivity index is 0. The summed E-state index contributed by atoms with van der Waals surface area (Å²) in [6.07, 6.45) is 22.7. The van der Waals surface area contributed by atoms with Crippen molar-refractivity contribution in [2.45, 2.75) is 51.4 Å². The Morgan fingerprint density at radius 1 is 1.00 bits per heavy atom. The number of unbranched alkanes of at least 4 members (excludes halogenated alkanes) is 3. The number of hydrogen-bond acceptors (Lipinski definition) is 1. The zero-order chi connectivity index (χ0) is 16.2. The minimum Gasteiger partial charge on any atom is -0.303 e. The van der Waals surface area contributed by atoms with E-state index in [1.54, 1.807) is 12.2 Å². The topological polar surface area (TPSA) is 17.1 Å². The Kier molecular flexibility index (Phi) is 21.3. The molecule has 0 heterocycles. The summed E-state index contributed by atoms with van der Waals surface area (Å²) in [5, 5.41) is 0. The van der Waals surface area contributed by atoms with Crippen molar-refractivity contribution in [2.75, 3.05) is 0 Å². The summed E-state index contributed by atoms with van der Waals surface area (Å²) in [4.78, 5) is 10.1. The molecule has 1 atom stereocenters. The molecule has 0 amide bonds. The van der Waals surface area contributed by atoms with E-state index in [1.807, 2.05) is 0 Å². The molecule has 0 aromatic carbocycles. The second-order valence-electron chi connectivity index (χ2n) is 4.78. The first kappa shape index (κ1) is 21.7. The number of carbonyl (C=O) groups is 1. The maximum absolute atomic E-state index is 10.1. The normalized spacial score (nSPS) is 16.1. The van der Waals surface area contributed by atoms with E-state index in [9.17, 15) is 4.79 Å². The van der Waals surface area contributed by atoms with E-state index in [1.165, 1.54) is 25.7 Å². The van der Waals surface area contributed by atoms with Crippen LogP contribution in [0.4, 0.5) is 0 Å². The molecule has 0 N–H and O–H groups in total. The number of allylic oxidation sites excluding steroid dienone is 6. The third-order valence-electron chi connectivity index (χ3n) is 3.12. The molecule has 1 nitrogen and oxygen atoms in total. The summed E-state index contributed by atoms with van der Waals surface area (Å²) in [7, 11) is 0. The Hall–Kier alpha value is -1.63. The second kappa shape index (κ2) is 20.7. The van der Waals surface area contributed by atoms with Gasteiger partial charge >= 0.3 is 0 Å². The van der Waals surface area contributed by atoms with Gasteiger partial charge in [-0.05, 0) is 50.9 Å². The van der Waals surface area contributed by atoms with Crippen LogP contribution in [0.1, 0.15) is 51.4 Å².